The fourth-order valence-corrected chi connectivity index (χ4v) is 1.13. The summed E-state index contributed by atoms with van der Waals surface area (Å²) in [6, 6.07) is 5.37. The summed E-state index contributed by atoms with van der Waals surface area (Å²) < 4.78 is 37.6. The van der Waals surface area contributed by atoms with Crippen LogP contribution in [0.5, 0.6) is 0 Å². The molecule has 0 saturated carbocycles. The molecule has 0 aliphatic rings. The Labute approximate surface area is 95.0 Å². The van der Waals surface area contributed by atoms with Gasteiger partial charge < -0.3 is 10.6 Å². The summed E-state index contributed by atoms with van der Waals surface area (Å²) in [5.74, 6) is 0. The number of urea groups is 1. The Bertz CT molecular complexity index is 451. The van der Waals surface area contributed by atoms with E-state index in [2.05, 4.69) is 5.32 Å². The number of hydrogen-bond acceptors (Lipinski definition) is 2. The van der Waals surface area contributed by atoms with Crippen molar-refractivity contribution < 1.29 is 18.0 Å². The molecule has 0 bridgehead atoms. The lowest BCUT2D eigenvalue weighted by atomic mass is 10.1. The molecule has 0 heterocycles. The number of amides is 2. The molecule has 1 aromatic carbocycles. The maximum absolute atomic E-state index is 12.5. The van der Waals surface area contributed by atoms with E-state index in [0.29, 0.717) is 0 Å². The Morgan fingerprint density at radius 1 is 1.35 bits per heavy atom. The molecule has 0 aromatic heterocycles. The summed E-state index contributed by atoms with van der Waals surface area (Å²) in [5.41, 5.74) is -1.29. The Hall–Kier alpha value is -2.23. The van der Waals surface area contributed by atoms with E-state index in [0.717, 1.165) is 12.1 Å². The standard InChI is InChI=1S/C10H8F3N3O/c11-10(12,13)7-3-1-2-4-8(7)16-9(17)15-6-5-14/h1-4H,6H2,(H2,15,16,17). The van der Waals surface area contributed by atoms with Gasteiger partial charge in [-0.25, -0.2) is 4.79 Å². The first-order valence-corrected chi connectivity index (χ1v) is 4.53. The largest absolute Gasteiger partial charge is 0.418 e. The van der Waals surface area contributed by atoms with Gasteiger partial charge in [0, 0.05) is 0 Å². The van der Waals surface area contributed by atoms with Crippen LogP contribution in [0.2, 0.25) is 0 Å². The fourth-order valence-electron chi connectivity index (χ4n) is 1.13. The van der Waals surface area contributed by atoms with Gasteiger partial charge in [0.2, 0.25) is 0 Å². The normalized spacial score (nSPS) is 10.5. The molecule has 17 heavy (non-hydrogen) atoms. The lowest BCUT2D eigenvalue weighted by Gasteiger charge is -2.13. The zero-order valence-corrected chi connectivity index (χ0v) is 8.51. The monoisotopic (exact) mass is 243 g/mol. The molecule has 7 heteroatoms. The van der Waals surface area contributed by atoms with Gasteiger partial charge >= 0.3 is 12.2 Å². The number of para-hydroxylation sites is 1. The molecule has 90 valence electrons. The number of carbonyl (C=O) groups excluding carboxylic acids is 1. The van der Waals surface area contributed by atoms with Gasteiger partial charge in [-0.1, -0.05) is 12.1 Å². The molecule has 1 rings (SSSR count). The average Bonchev–Trinajstić information content (AvgIpc) is 2.25. The van der Waals surface area contributed by atoms with Crippen LogP contribution >= 0.6 is 0 Å². The van der Waals surface area contributed by atoms with Crippen LogP contribution in [-0.2, 0) is 6.18 Å². The van der Waals surface area contributed by atoms with Gasteiger partial charge in [-0.3, -0.25) is 0 Å². The van der Waals surface area contributed by atoms with Gasteiger partial charge in [-0.15, -0.1) is 0 Å². The summed E-state index contributed by atoms with van der Waals surface area (Å²) in [5, 5.41) is 12.3. The second-order valence-corrected chi connectivity index (χ2v) is 3.01. The van der Waals surface area contributed by atoms with Crippen LogP contribution in [0.1, 0.15) is 5.56 Å². The van der Waals surface area contributed by atoms with Crippen molar-refractivity contribution in [2.45, 2.75) is 6.18 Å². The van der Waals surface area contributed by atoms with Crippen molar-refractivity contribution in [1.82, 2.24) is 5.32 Å². The van der Waals surface area contributed by atoms with Crippen LogP contribution in [0.15, 0.2) is 24.3 Å². The molecular weight excluding hydrogens is 235 g/mol. The second kappa shape index (κ2) is 5.21. The molecule has 0 aliphatic heterocycles. The minimum absolute atomic E-state index is 0.278. The minimum atomic E-state index is -4.54. The van der Waals surface area contributed by atoms with Crippen molar-refractivity contribution in [2.75, 3.05) is 11.9 Å². The number of benzene rings is 1. The van der Waals surface area contributed by atoms with E-state index < -0.39 is 17.8 Å². The molecule has 0 aliphatic carbocycles. The first kappa shape index (κ1) is 12.8. The van der Waals surface area contributed by atoms with Crippen LogP contribution in [0.4, 0.5) is 23.7 Å². The number of carbonyl (C=O) groups is 1. The Kier molecular flexibility index (Phi) is 3.93. The third-order valence-electron chi connectivity index (χ3n) is 1.81. The highest BCUT2D eigenvalue weighted by atomic mass is 19.4. The summed E-state index contributed by atoms with van der Waals surface area (Å²) in [4.78, 5) is 11.1. The number of nitriles is 1. The highest BCUT2D eigenvalue weighted by Crippen LogP contribution is 2.34. The van der Waals surface area contributed by atoms with Gasteiger partial charge in [-0.2, -0.15) is 18.4 Å². The third kappa shape index (κ3) is 3.68. The van der Waals surface area contributed by atoms with Crippen LogP contribution in [-0.4, -0.2) is 12.6 Å². The number of alkyl halides is 3. The Morgan fingerprint density at radius 2 is 2.00 bits per heavy atom. The molecule has 4 nitrogen and oxygen atoms in total. The predicted molar refractivity (Wildman–Crippen MR) is 54.1 cm³/mol. The zero-order chi connectivity index (χ0) is 12.9. The summed E-state index contributed by atoms with van der Waals surface area (Å²) in [6.45, 7) is -0.278. The smallest absolute Gasteiger partial charge is 0.325 e. The van der Waals surface area contributed by atoms with Crippen LogP contribution in [0.3, 0.4) is 0 Å². The maximum Gasteiger partial charge on any atom is 0.418 e. The SMILES string of the molecule is N#CCNC(=O)Nc1ccccc1C(F)(F)F. The zero-order valence-electron chi connectivity index (χ0n) is 8.51. The summed E-state index contributed by atoms with van der Waals surface area (Å²) in [6.07, 6.45) is -4.54. The lowest BCUT2D eigenvalue weighted by Crippen LogP contribution is -2.29. The van der Waals surface area contributed by atoms with Crippen molar-refractivity contribution in [1.29, 1.82) is 5.26 Å². The number of rotatable bonds is 2. The van der Waals surface area contributed by atoms with Gasteiger partial charge in [0.15, 0.2) is 0 Å². The van der Waals surface area contributed by atoms with Crippen LogP contribution < -0.4 is 10.6 Å². The second-order valence-electron chi connectivity index (χ2n) is 3.01. The van der Waals surface area contributed by atoms with E-state index in [1.54, 1.807) is 6.07 Å². The topological polar surface area (TPSA) is 64.9 Å². The minimum Gasteiger partial charge on any atom is -0.325 e. The number of anilines is 1. The fraction of sp³-hybridized carbons (Fsp3) is 0.200. The molecule has 0 fully saturated rings. The molecule has 0 spiro atoms. The highest BCUT2D eigenvalue weighted by Gasteiger charge is 2.33. The molecule has 0 atom stereocenters. The van der Waals surface area contributed by atoms with Crippen molar-refractivity contribution in [3.63, 3.8) is 0 Å². The van der Waals surface area contributed by atoms with Gasteiger partial charge in [0.05, 0.1) is 17.3 Å². The van der Waals surface area contributed by atoms with Crippen molar-refractivity contribution in [3.05, 3.63) is 29.8 Å². The maximum atomic E-state index is 12.5. The molecule has 1 aromatic rings. The Balaban J connectivity index is 2.85. The molecule has 0 unspecified atom stereocenters. The van der Waals surface area contributed by atoms with Crippen molar-refractivity contribution in [3.8, 4) is 6.07 Å². The lowest BCUT2D eigenvalue weighted by molar-refractivity contribution is -0.136. The third-order valence-corrected chi connectivity index (χ3v) is 1.81. The van der Waals surface area contributed by atoms with Crippen molar-refractivity contribution in [2.24, 2.45) is 0 Å². The number of nitrogens with one attached hydrogen (secondary N) is 2. The number of halogens is 3. The molecular formula is C10H8F3N3O. The first-order valence-electron chi connectivity index (χ1n) is 4.53. The molecule has 2 amide bonds. The van der Waals surface area contributed by atoms with Crippen LogP contribution in [0.25, 0.3) is 0 Å². The van der Waals surface area contributed by atoms with E-state index in [-0.39, 0.29) is 12.2 Å². The predicted octanol–water partition coefficient (Wildman–Crippen LogP) is 2.35. The van der Waals surface area contributed by atoms with Crippen LogP contribution in [0, 0.1) is 11.3 Å². The average molecular weight is 243 g/mol. The quantitative estimate of drug-likeness (QED) is 0.783. The highest BCUT2D eigenvalue weighted by molar-refractivity contribution is 5.90. The number of nitrogens with zero attached hydrogens (tertiary/aromatic N) is 1. The van der Waals surface area contributed by atoms with E-state index in [1.807, 2.05) is 5.32 Å². The van der Waals surface area contributed by atoms with Gasteiger partial charge in [-0.05, 0) is 12.1 Å². The molecule has 0 radical (unpaired) electrons. The summed E-state index contributed by atoms with van der Waals surface area (Å²) >= 11 is 0. The van der Waals surface area contributed by atoms with E-state index >= 15 is 0 Å². The van der Waals surface area contributed by atoms with Gasteiger partial charge in [0.25, 0.3) is 0 Å². The number of hydrogen-bond donors (Lipinski definition) is 2. The molecule has 0 saturated heterocycles. The summed E-state index contributed by atoms with van der Waals surface area (Å²) in [7, 11) is 0. The van der Waals surface area contributed by atoms with E-state index in [1.165, 1.54) is 12.1 Å². The van der Waals surface area contributed by atoms with E-state index in [9.17, 15) is 18.0 Å². The molecule has 2 N–H and O–H groups in total. The first-order chi connectivity index (χ1) is 7.95. The van der Waals surface area contributed by atoms with Gasteiger partial charge in [0.1, 0.15) is 6.54 Å². The van der Waals surface area contributed by atoms with E-state index in [4.69, 9.17) is 5.26 Å². The Morgan fingerprint density at radius 3 is 2.59 bits per heavy atom. The van der Waals surface area contributed by atoms with Crippen molar-refractivity contribution >= 4 is 11.7 Å².